The lowest BCUT2D eigenvalue weighted by molar-refractivity contribution is 0.670. The van der Waals surface area contributed by atoms with Crippen molar-refractivity contribution >= 4 is 86.8 Å². The minimum atomic E-state index is -0.103. The normalized spacial score (nSPS) is 14.5. The minimum Gasteiger partial charge on any atom is -0.455 e. The zero-order valence-electron chi connectivity index (χ0n) is 30.7. The molecule has 0 spiro atoms. The van der Waals surface area contributed by atoms with Crippen LogP contribution in [0.3, 0.4) is 0 Å². The third kappa shape index (κ3) is 5.10. The van der Waals surface area contributed by atoms with Crippen LogP contribution in [0, 0.1) is 0 Å². The number of nitrogens with one attached hydrogen (secondary N) is 1. The number of aromatic nitrogens is 1. The second kappa shape index (κ2) is 12.7. The number of nitrogens with zero attached hydrogens (tertiary/aromatic N) is 2. The Balaban J connectivity index is 1.10. The lowest BCUT2D eigenvalue weighted by Crippen LogP contribution is -2.31. The second-order valence-corrected chi connectivity index (χ2v) is 15.8. The topological polar surface area (TPSA) is 42.5 Å². The number of benzene rings is 8. The highest BCUT2D eigenvalue weighted by Crippen LogP contribution is 2.46. The van der Waals surface area contributed by atoms with Crippen LogP contribution in [0.4, 0.5) is 0 Å². The van der Waals surface area contributed by atoms with Crippen LogP contribution in [0.25, 0.3) is 86.4 Å². The van der Waals surface area contributed by atoms with E-state index >= 15 is 0 Å². The molecule has 12 rings (SSSR count). The van der Waals surface area contributed by atoms with E-state index in [9.17, 15) is 0 Å². The van der Waals surface area contributed by atoms with E-state index in [1.165, 1.54) is 42.0 Å². The molecule has 0 saturated carbocycles. The molecular formula is C52H33N3OS. The molecule has 0 amide bonds. The fraction of sp³-hybridized carbons (Fsp3) is 0.0192. The van der Waals surface area contributed by atoms with Gasteiger partial charge in [0.1, 0.15) is 17.0 Å². The van der Waals surface area contributed by atoms with Gasteiger partial charge in [-0.1, -0.05) is 146 Å². The molecule has 1 aliphatic rings. The minimum absolute atomic E-state index is 0.103. The summed E-state index contributed by atoms with van der Waals surface area (Å²) >= 11 is 1.85. The molecule has 4 heterocycles. The fourth-order valence-corrected chi connectivity index (χ4v) is 10.0. The number of fused-ring (bicyclic) bond motifs is 9. The number of rotatable bonds is 5. The van der Waals surface area contributed by atoms with E-state index < -0.39 is 0 Å². The highest BCUT2D eigenvalue weighted by Gasteiger charge is 2.23. The van der Waals surface area contributed by atoms with Gasteiger partial charge in [0.15, 0.2) is 0 Å². The van der Waals surface area contributed by atoms with Crippen LogP contribution >= 0.6 is 11.3 Å². The van der Waals surface area contributed by atoms with Crippen LogP contribution in [0.15, 0.2) is 197 Å². The van der Waals surface area contributed by atoms with Gasteiger partial charge in [-0.3, -0.25) is 0 Å². The van der Waals surface area contributed by atoms with Crippen LogP contribution in [0.5, 0.6) is 0 Å². The molecule has 0 aliphatic carbocycles. The van der Waals surface area contributed by atoms with Crippen LogP contribution in [0.1, 0.15) is 22.7 Å². The van der Waals surface area contributed by atoms with Crippen molar-refractivity contribution in [2.75, 3.05) is 0 Å². The molecule has 1 atom stereocenters. The van der Waals surface area contributed by atoms with Crippen molar-refractivity contribution in [3.8, 4) is 16.8 Å². The Morgan fingerprint density at radius 3 is 2.09 bits per heavy atom. The Hall–Kier alpha value is -7.21. The van der Waals surface area contributed by atoms with E-state index in [0.717, 1.165) is 66.9 Å². The molecule has 11 aromatic rings. The number of amidine groups is 1. The number of furan rings is 1. The van der Waals surface area contributed by atoms with Crippen molar-refractivity contribution in [2.24, 2.45) is 4.99 Å². The molecule has 1 N–H and O–H groups in total. The maximum absolute atomic E-state index is 6.67. The molecule has 57 heavy (non-hydrogen) atoms. The summed E-state index contributed by atoms with van der Waals surface area (Å²) in [6, 6.07) is 64.9. The van der Waals surface area contributed by atoms with Gasteiger partial charge in [0.05, 0.1) is 22.8 Å². The van der Waals surface area contributed by atoms with E-state index in [1.54, 1.807) is 0 Å². The summed E-state index contributed by atoms with van der Waals surface area (Å²) in [5, 5.41) is 11.0. The molecule has 0 fully saturated rings. The lowest BCUT2D eigenvalue weighted by atomic mass is 9.98. The Morgan fingerprint density at radius 1 is 0.526 bits per heavy atom. The number of thiophene rings is 1. The van der Waals surface area contributed by atoms with Crippen molar-refractivity contribution < 1.29 is 4.42 Å². The molecule has 8 aromatic carbocycles. The number of aliphatic imine (C=N–C) groups is 1. The van der Waals surface area contributed by atoms with Gasteiger partial charge in [-0.15, -0.1) is 11.3 Å². The first kappa shape index (κ1) is 32.1. The van der Waals surface area contributed by atoms with E-state index in [2.05, 4.69) is 186 Å². The summed E-state index contributed by atoms with van der Waals surface area (Å²) in [4.78, 5) is 5.14. The first-order valence-electron chi connectivity index (χ1n) is 19.3. The van der Waals surface area contributed by atoms with Crippen molar-refractivity contribution in [1.82, 2.24) is 9.88 Å². The zero-order chi connectivity index (χ0) is 37.5. The third-order valence-corrected chi connectivity index (χ3v) is 12.7. The predicted molar refractivity (Wildman–Crippen MR) is 240 cm³/mol. The SMILES string of the molecule is C1=C(c2ccccc2)N=C(c2ccccc2)NC1c1ccc2c3ccccc3n(-c3cc(-c4cccc5c4oc4ccccc45)c4sc5ccccc5c4c3)c2c1. The lowest BCUT2D eigenvalue weighted by Gasteiger charge is -2.25. The number of hydrogen-bond acceptors (Lipinski definition) is 4. The summed E-state index contributed by atoms with van der Waals surface area (Å²) in [5.41, 5.74) is 11.8. The molecule has 1 aliphatic heterocycles. The Labute approximate surface area is 332 Å². The van der Waals surface area contributed by atoms with Crippen molar-refractivity contribution in [1.29, 1.82) is 0 Å². The summed E-state index contributed by atoms with van der Waals surface area (Å²) in [7, 11) is 0. The molecule has 3 aromatic heterocycles. The van der Waals surface area contributed by atoms with Gasteiger partial charge in [0.2, 0.25) is 0 Å². The first-order chi connectivity index (χ1) is 28.2. The fourth-order valence-electron chi connectivity index (χ4n) is 8.79. The van der Waals surface area contributed by atoms with E-state index in [-0.39, 0.29) is 6.04 Å². The largest absolute Gasteiger partial charge is 0.455 e. The Morgan fingerprint density at radius 2 is 1.23 bits per heavy atom. The summed E-state index contributed by atoms with van der Waals surface area (Å²) < 4.78 is 11.7. The molecule has 0 bridgehead atoms. The maximum atomic E-state index is 6.67. The van der Waals surface area contributed by atoms with Gasteiger partial charge >= 0.3 is 0 Å². The molecule has 4 nitrogen and oxygen atoms in total. The van der Waals surface area contributed by atoms with E-state index in [1.807, 2.05) is 23.5 Å². The van der Waals surface area contributed by atoms with Gasteiger partial charge in [-0.25, -0.2) is 4.99 Å². The van der Waals surface area contributed by atoms with Gasteiger partial charge < -0.3 is 14.3 Å². The molecule has 0 saturated heterocycles. The summed E-state index contributed by atoms with van der Waals surface area (Å²) in [6.45, 7) is 0. The van der Waals surface area contributed by atoms with Crippen LogP contribution < -0.4 is 5.32 Å². The average molecular weight is 748 g/mol. The van der Waals surface area contributed by atoms with Crippen molar-refractivity contribution in [3.63, 3.8) is 0 Å². The smallest absolute Gasteiger partial charge is 0.143 e. The van der Waals surface area contributed by atoms with Crippen molar-refractivity contribution in [3.05, 3.63) is 205 Å². The first-order valence-corrected chi connectivity index (χ1v) is 20.1. The molecular weight excluding hydrogens is 715 g/mol. The average Bonchev–Trinajstić information content (AvgIpc) is 3.96. The number of hydrogen-bond donors (Lipinski definition) is 1. The van der Waals surface area contributed by atoms with Gasteiger partial charge in [0.25, 0.3) is 0 Å². The van der Waals surface area contributed by atoms with Crippen LogP contribution in [-0.4, -0.2) is 10.4 Å². The van der Waals surface area contributed by atoms with Gasteiger partial charge in [-0.2, -0.15) is 0 Å². The van der Waals surface area contributed by atoms with Gasteiger partial charge in [0, 0.05) is 64.1 Å². The second-order valence-electron chi connectivity index (χ2n) is 14.7. The molecule has 1 unspecified atom stereocenters. The van der Waals surface area contributed by atoms with Crippen molar-refractivity contribution in [2.45, 2.75) is 6.04 Å². The highest BCUT2D eigenvalue weighted by atomic mass is 32.1. The molecule has 0 radical (unpaired) electrons. The standard InChI is InChI=1S/C52H33N3OS/c1-3-14-32(15-4-1)44-31-45(54-52(53-44)33-16-5-2-6-17-33)34-26-27-37-36-18-7-10-23-46(36)55(47(37)28-34)35-29-42-39-20-9-12-25-49(39)57-51(42)43(30-35)41-22-13-21-40-38-19-8-11-24-48(38)56-50(40)41/h1-31,45H,(H,53,54). The molecule has 5 heteroatoms. The predicted octanol–water partition coefficient (Wildman–Crippen LogP) is 13.9. The molecule has 268 valence electrons. The Bertz CT molecular complexity index is 3440. The van der Waals surface area contributed by atoms with Crippen LogP contribution in [-0.2, 0) is 0 Å². The quantitative estimate of drug-likeness (QED) is 0.190. The van der Waals surface area contributed by atoms with E-state index in [0.29, 0.717) is 0 Å². The highest BCUT2D eigenvalue weighted by molar-refractivity contribution is 7.26. The van der Waals surface area contributed by atoms with E-state index in [4.69, 9.17) is 9.41 Å². The zero-order valence-corrected chi connectivity index (χ0v) is 31.5. The Kier molecular flexibility index (Phi) is 7.13. The maximum Gasteiger partial charge on any atom is 0.143 e. The summed E-state index contributed by atoms with van der Waals surface area (Å²) in [5.74, 6) is 0.863. The number of para-hydroxylation sites is 3. The van der Waals surface area contributed by atoms with Gasteiger partial charge in [-0.05, 0) is 53.6 Å². The third-order valence-electron chi connectivity index (χ3n) is 11.4. The summed E-state index contributed by atoms with van der Waals surface area (Å²) in [6.07, 6.45) is 2.26. The monoisotopic (exact) mass is 747 g/mol. The van der Waals surface area contributed by atoms with Crippen LogP contribution in [0.2, 0.25) is 0 Å².